The van der Waals surface area contributed by atoms with Crippen molar-refractivity contribution in [3.8, 4) is 11.4 Å². The molecule has 0 fully saturated rings. The fourth-order valence-corrected chi connectivity index (χ4v) is 2.14. The summed E-state index contributed by atoms with van der Waals surface area (Å²) in [5.74, 6) is 1.21. The van der Waals surface area contributed by atoms with Crippen molar-refractivity contribution in [2.75, 3.05) is 18.0 Å². The van der Waals surface area contributed by atoms with Gasteiger partial charge >= 0.3 is 0 Å². The molecule has 0 aliphatic rings. The van der Waals surface area contributed by atoms with Crippen LogP contribution >= 0.6 is 27.5 Å². The Morgan fingerprint density at radius 2 is 1.68 bits per heavy atom. The number of aromatic nitrogens is 3. The molecule has 2 aromatic rings. The highest BCUT2D eigenvalue weighted by Gasteiger charge is 2.11. The summed E-state index contributed by atoms with van der Waals surface area (Å²) in [5, 5.41) is 0.217. The monoisotopic (exact) mass is 340 g/mol. The van der Waals surface area contributed by atoms with E-state index in [1.807, 2.05) is 29.2 Å². The molecule has 1 heterocycles. The molecule has 19 heavy (non-hydrogen) atoms. The van der Waals surface area contributed by atoms with Gasteiger partial charge < -0.3 is 4.90 Å². The molecular formula is C13H14BrClN4. The maximum Gasteiger partial charge on any atom is 0.230 e. The first-order chi connectivity index (χ1) is 9.13. The van der Waals surface area contributed by atoms with E-state index in [2.05, 4.69) is 44.7 Å². The van der Waals surface area contributed by atoms with E-state index < -0.39 is 0 Å². The first kappa shape index (κ1) is 14.2. The summed E-state index contributed by atoms with van der Waals surface area (Å²) >= 11 is 9.40. The molecule has 0 radical (unpaired) electrons. The van der Waals surface area contributed by atoms with Crippen molar-refractivity contribution in [3.63, 3.8) is 0 Å². The van der Waals surface area contributed by atoms with Crippen LogP contribution < -0.4 is 4.90 Å². The lowest BCUT2D eigenvalue weighted by Crippen LogP contribution is -2.24. The van der Waals surface area contributed by atoms with Gasteiger partial charge in [0.2, 0.25) is 11.2 Å². The summed E-state index contributed by atoms with van der Waals surface area (Å²) in [6.45, 7) is 5.77. The maximum absolute atomic E-state index is 5.99. The molecule has 0 amide bonds. The molecule has 0 unspecified atom stereocenters. The highest BCUT2D eigenvalue weighted by Crippen LogP contribution is 2.21. The minimum atomic E-state index is 0.217. The van der Waals surface area contributed by atoms with E-state index in [4.69, 9.17) is 11.6 Å². The molecule has 4 nitrogen and oxygen atoms in total. The number of rotatable bonds is 4. The molecule has 0 aliphatic carbocycles. The zero-order valence-electron chi connectivity index (χ0n) is 10.8. The van der Waals surface area contributed by atoms with E-state index in [0.717, 1.165) is 23.1 Å². The van der Waals surface area contributed by atoms with Crippen molar-refractivity contribution < 1.29 is 0 Å². The summed E-state index contributed by atoms with van der Waals surface area (Å²) in [7, 11) is 0. The molecule has 100 valence electrons. The van der Waals surface area contributed by atoms with Crippen molar-refractivity contribution in [1.29, 1.82) is 0 Å². The van der Waals surface area contributed by atoms with Crippen LogP contribution in [0.4, 0.5) is 5.95 Å². The van der Waals surface area contributed by atoms with E-state index in [-0.39, 0.29) is 5.28 Å². The quantitative estimate of drug-likeness (QED) is 0.848. The van der Waals surface area contributed by atoms with Gasteiger partial charge in [-0.15, -0.1) is 0 Å². The second-order valence-corrected chi connectivity index (χ2v) is 5.16. The zero-order valence-corrected chi connectivity index (χ0v) is 13.1. The molecule has 0 saturated carbocycles. The fraction of sp³-hybridized carbons (Fsp3) is 0.308. The lowest BCUT2D eigenvalue weighted by Gasteiger charge is -2.18. The summed E-state index contributed by atoms with van der Waals surface area (Å²) in [6.07, 6.45) is 0. The number of benzene rings is 1. The predicted molar refractivity (Wildman–Crippen MR) is 81.5 cm³/mol. The third-order valence-corrected chi connectivity index (χ3v) is 3.44. The largest absolute Gasteiger partial charge is 0.341 e. The first-order valence-electron chi connectivity index (χ1n) is 6.06. The van der Waals surface area contributed by atoms with Gasteiger partial charge in [-0.1, -0.05) is 28.1 Å². The Hall–Kier alpha value is -1.20. The third kappa shape index (κ3) is 3.42. The number of hydrogen-bond donors (Lipinski definition) is 0. The topological polar surface area (TPSA) is 41.9 Å². The highest BCUT2D eigenvalue weighted by atomic mass is 79.9. The predicted octanol–water partition coefficient (Wildman–Crippen LogP) is 3.80. The van der Waals surface area contributed by atoms with Crippen LogP contribution in [0.3, 0.4) is 0 Å². The SMILES string of the molecule is CCN(CC)c1nc(Cl)nc(-c2ccc(Br)cc2)n1. The number of halogens is 2. The molecule has 1 aromatic carbocycles. The second kappa shape index (κ2) is 6.30. The summed E-state index contributed by atoms with van der Waals surface area (Å²) < 4.78 is 1.01. The molecule has 0 N–H and O–H groups in total. The minimum absolute atomic E-state index is 0.217. The van der Waals surface area contributed by atoms with E-state index in [1.54, 1.807) is 0 Å². The van der Waals surface area contributed by atoms with Crippen LogP contribution in [-0.2, 0) is 0 Å². The van der Waals surface area contributed by atoms with Crippen molar-refractivity contribution >= 4 is 33.5 Å². The molecule has 0 bridgehead atoms. The van der Waals surface area contributed by atoms with Gasteiger partial charge in [0.1, 0.15) is 0 Å². The fourth-order valence-electron chi connectivity index (χ4n) is 1.72. The Morgan fingerprint density at radius 1 is 1.05 bits per heavy atom. The Bertz CT molecular complexity index is 555. The van der Waals surface area contributed by atoms with E-state index >= 15 is 0 Å². The van der Waals surface area contributed by atoms with Crippen molar-refractivity contribution in [2.24, 2.45) is 0 Å². The molecule has 0 aliphatic heterocycles. The molecular weight excluding hydrogens is 328 g/mol. The average Bonchev–Trinajstić information content (AvgIpc) is 2.40. The zero-order chi connectivity index (χ0) is 13.8. The standard InChI is InChI=1S/C13H14BrClN4/c1-3-19(4-2)13-17-11(16-12(15)18-13)9-5-7-10(14)8-6-9/h5-8H,3-4H2,1-2H3. The van der Waals surface area contributed by atoms with Crippen LogP contribution in [0.1, 0.15) is 13.8 Å². The molecule has 1 aromatic heterocycles. The van der Waals surface area contributed by atoms with Crippen LogP contribution in [0.5, 0.6) is 0 Å². The van der Waals surface area contributed by atoms with E-state index in [0.29, 0.717) is 11.8 Å². The Balaban J connectivity index is 2.44. The number of hydrogen-bond acceptors (Lipinski definition) is 4. The van der Waals surface area contributed by atoms with Gasteiger partial charge in [0.15, 0.2) is 5.82 Å². The van der Waals surface area contributed by atoms with E-state index in [9.17, 15) is 0 Å². The van der Waals surface area contributed by atoms with Crippen LogP contribution in [-0.4, -0.2) is 28.0 Å². The molecule has 6 heteroatoms. The molecule has 0 saturated heterocycles. The van der Waals surface area contributed by atoms with E-state index in [1.165, 1.54) is 0 Å². The second-order valence-electron chi connectivity index (χ2n) is 3.91. The van der Waals surface area contributed by atoms with Gasteiger partial charge in [0.25, 0.3) is 0 Å². The first-order valence-corrected chi connectivity index (χ1v) is 7.23. The molecule has 2 rings (SSSR count). The van der Waals surface area contributed by atoms with Gasteiger partial charge in [0, 0.05) is 23.1 Å². The Kier molecular flexibility index (Phi) is 4.71. The summed E-state index contributed by atoms with van der Waals surface area (Å²) in [4.78, 5) is 14.9. The third-order valence-electron chi connectivity index (χ3n) is 2.75. The normalized spacial score (nSPS) is 10.5. The van der Waals surface area contributed by atoms with Crippen molar-refractivity contribution in [2.45, 2.75) is 13.8 Å². The molecule has 0 spiro atoms. The number of nitrogens with zero attached hydrogens (tertiary/aromatic N) is 4. The van der Waals surface area contributed by atoms with Crippen LogP contribution in [0.15, 0.2) is 28.7 Å². The van der Waals surface area contributed by atoms with Crippen LogP contribution in [0.2, 0.25) is 5.28 Å². The van der Waals surface area contributed by atoms with Crippen molar-refractivity contribution in [3.05, 3.63) is 34.0 Å². The lowest BCUT2D eigenvalue weighted by atomic mass is 10.2. The van der Waals surface area contributed by atoms with Crippen LogP contribution in [0, 0.1) is 0 Å². The van der Waals surface area contributed by atoms with Crippen LogP contribution in [0.25, 0.3) is 11.4 Å². The van der Waals surface area contributed by atoms with Crippen molar-refractivity contribution in [1.82, 2.24) is 15.0 Å². The maximum atomic E-state index is 5.99. The smallest absolute Gasteiger partial charge is 0.230 e. The Labute approximate surface area is 126 Å². The van der Waals surface area contributed by atoms with Gasteiger partial charge in [0.05, 0.1) is 0 Å². The lowest BCUT2D eigenvalue weighted by molar-refractivity contribution is 0.813. The Morgan fingerprint density at radius 3 is 2.26 bits per heavy atom. The molecule has 0 atom stereocenters. The number of anilines is 1. The summed E-state index contributed by atoms with van der Waals surface area (Å²) in [6, 6.07) is 7.79. The van der Waals surface area contributed by atoms with Gasteiger partial charge in [-0.2, -0.15) is 15.0 Å². The minimum Gasteiger partial charge on any atom is -0.341 e. The average molecular weight is 342 g/mol. The van der Waals surface area contributed by atoms with Gasteiger partial charge in [-0.05, 0) is 37.6 Å². The van der Waals surface area contributed by atoms with Gasteiger partial charge in [-0.3, -0.25) is 0 Å². The highest BCUT2D eigenvalue weighted by molar-refractivity contribution is 9.10. The summed E-state index contributed by atoms with van der Waals surface area (Å²) in [5.41, 5.74) is 0.918. The van der Waals surface area contributed by atoms with Gasteiger partial charge in [-0.25, -0.2) is 0 Å².